The van der Waals surface area contributed by atoms with Gasteiger partial charge in [-0.25, -0.2) is 4.99 Å². The molecule has 0 saturated heterocycles. The number of nitrogens with one attached hydrogen (secondary N) is 1. The Balaban J connectivity index is 1.60. The van der Waals surface area contributed by atoms with Crippen LogP contribution in [0.4, 0.5) is 0 Å². The van der Waals surface area contributed by atoms with Crippen LogP contribution in [0, 0.1) is 0 Å². The first-order chi connectivity index (χ1) is 13.4. The molecule has 0 unspecified atom stereocenters. The van der Waals surface area contributed by atoms with E-state index in [1.165, 1.54) is 5.56 Å². The van der Waals surface area contributed by atoms with E-state index in [0.717, 1.165) is 23.3 Å². The van der Waals surface area contributed by atoms with Gasteiger partial charge in [0, 0.05) is 12.0 Å². The summed E-state index contributed by atoms with van der Waals surface area (Å²) in [6, 6.07) is 13.8. The number of carbonyl (C=O) groups excluding carboxylic acids is 1. The van der Waals surface area contributed by atoms with Crippen LogP contribution in [-0.4, -0.2) is 25.0 Å². The monoisotopic (exact) mass is 376 g/mol. The Kier molecular flexibility index (Phi) is 4.67. The molecule has 1 amide bonds. The zero-order chi connectivity index (χ0) is 19.7. The van der Waals surface area contributed by atoms with Gasteiger partial charge in [0.25, 0.3) is 5.91 Å². The summed E-state index contributed by atoms with van der Waals surface area (Å²) in [6.07, 6.45) is 2.62. The Morgan fingerprint density at radius 2 is 1.71 bits per heavy atom. The molecule has 4 rings (SSSR count). The Labute approximate surface area is 165 Å². The first-order valence-corrected chi connectivity index (χ1v) is 9.52. The molecule has 2 heterocycles. The highest BCUT2D eigenvalue weighted by molar-refractivity contribution is 6.19. The summed E-state index contributed by atoms with van der Waals surface area (Å²) in [7, 11) is 0. The first-order valence-electron chi connectivity index (χ1n) is 9.52. The van der Waals surface area contributed by atoms with Gasteiger partial charge in [-0.1, -0.05) is 51.1 Å². The number of benzene rings is 2. The molecule has 0 spiro atoms. The van der Waals surface area contributed by atoms with E-state index in [4.69, 9.17) is 9.47 Å². The van der Waals surface area contributed by atoms with Crippen molar-refractivity contribution in [3.05, 3.63) is 64.9 Å². The molecule has 1 N–H and O–H groups in total. The van der Waals surface area contributed by atoms with Crippen LogP contribution in [0.3, 0.4) is 0 Å². The molecule has 0 aliphatic carbocycles. The SMILES string of the molecule is CC(C)(C)c1ccc(C2=N/C(=C/c3ccc4c(c3)OCCCO4)C(=O)N2)cc1. The Hall–Kier alpha value is -3.08. The van der Waals surface area contributed by atoms with Crippen molar-refractivity contribution in [3.8, 4) is 11.5 Å². The second kappa shape index (κ2) is 7.15. The highest BCUT2D eigenvalue weighted by atomic mass is 16.5. The minimum atomic E-state index is -0.206. The lowest BCUT2D eigenvalue weighted by molar-refractivity contribution is -0.115. The second-order valence-electron chi connectivity index (χ2n) is 8.03. The van der Waals surface area contributed by atoms with E-state index in [2.05, 4.69) is 43.2 Å². The van der Waals surface area contributed by atoms with Crippen molar-refractivity contribution in [2.75, 3.05) is 13.2 Å². The number of rotatable bonds is 2. The Bertz CT molecular complexity index is 966. The third kappa shape index (κ3) is 3.79. The predicted octanol–water partition coefficient (Wildman–Crippen LogP) is 4.06. The standard InChI is InChI=1S/C23H24N2O3/c1-23(2,3)17-8-6-16(7-9-17)21-24-18(22(26)25-21)13-15-5-10-19-20(14-15)28-12-4-11-27-19/h5-10,13-14H,4,11-12H2,1-3H3,(H,24,25,26)/b18-13+. The van der Waals surface area contributed by atoms with E-state index in [-0.39, 0.29) is 11.3 Å². The highest BCUT2D eigenvalue weighted by Crippen LogP contribution is 2.31. The van der Waals surface area contributed by atoms with E-state index in [0.29, 0.717) is 30.5 Å². The molecular formula is C23H24N2O3. The fourth-order valence-corrected chi connectivity index (χ4v) is 3.16. The smallest absolute Gasteiger partial charge is 0.275 e. The minimum absolute atomic E-state index is 0.0848. The van der Waals surface area contributed by atoms with Gasteiger partial charge in [-0.05, 0) is 34.8 Å². The molecule has 2 aromatic carbocycles. The van der Waals surface area contributed by atoms with Crippen LogP contribution >= 0.6 is 0 Å². The van der Waals surface area contributed by atoms with Gasteiger partial charge < -0.3 is 14.8 Å². The van der Waals surface area contributed by atoms with E-state index < -0.39 is 0 Å². The lowest BCUT2D eigenvalue weighted by atomic mass is 9.86. The topological polar surface area (TPSA) is 59.9 Å². The van der Waals surface area contributed by atoms with Crippen LogP contribution in [0.15, 0.2) is 53.2 Å². The Morgan fingerprint density at radius 3 is 2.43 bits per heavy atom. The molecule has 2 aliphatic rings. The third-order valence-electron chi connectivity index (χ3n) is 4.80. The zero-order valence-electron chi connectivity index (χ0n) is 16.4. The summed E-state index contributed by atoms with van der Waals surface area (Å²) in [4.78, 5) is 16.9. The van der Waals surface area contributed by atoms with Crippen LogP contribution in [0.2, 0.25) is 0 Å². The number of aliphatic imine (C=N–C) groups is 1. The molecule has 0 saturated carbocycles. The van der Waals surface area contributed by atoms with Crippen LogP contribution in [0.1, 0.15) is 43.9 Å². The lowest BCUT2D eigenvalue weighted by Gasteiger charge is -2.19. The number of carbonyl (C=O) groups is 1. The third-order valence-corrected chi connectivity index (χ3v) is 4.80. The van der Waals surface area contributed by atoms with Gasteiger partial charge >= 0.3 is 0 Å². The van der Waals surface area contributed by atoms with Gasteiger partial charge in [0.1, 0.15) is 11.5 Å². The van der Waals surface area contributed by atoms with Crippen LogP contribution in [0.25, 0.3) is 6.08 Å². The lowest BCUT2D eigenvalue weighted by Crippen LogP contribution is -2.24. The van der Waals surface area contributed by atoms with Crippen molar-refractivity contribution in [1.29, 1.82) is 0 Å². The molecule has 5 heteroatoms. The summed E-state index contributed by atoms with van der Waals surface area (Å²) in [6.45, 7) is 7.80. The highest BCUT2D eigenvalue weighted by Gasteiger charge is 2.22. The summed E-state index contributed by atoms with van der Waals surface area (Å²) in [5, 5.41) is 2.86. The molecule has 0 fully saturated rings. The van der Waals surface area contributed by atoms with Gasteiger partial charge in [-0.15, -0.1) is 0 Å². The average Bonchev–Trinajstić information content (AvgIpc) is 2.88. The van der Waals surface area contributed by atoms with Crippen molar-refractivity contribution < 1.29 is 14.3 Å². The molecule has 2 aromatic rings. The van der Waals surface area contributed by atoms with Crippen LogP contribution in [0.5, 0.6) is 11.5 Å². The fraction of sp³-hybridized carbons (Fsp3) is 0.304. The second-order valence-corrected chi connectivity index (χ2v) is 8.03. The normalized spacial score (nSPS) is 17.9. The van der Waals surface area contributed by atoms with E-state index in [1.807, 2.05) is 30.3 Å². The number of ether oxygens (including phenoxy) is 2. The first kappa shape index (κ1) is 18.3. The molecular weight excluding hydrogens is 352 g/mol. The molecule has 0 bridgehead atoms. The van der Waals surface area contributed by atoms with Crippen molar-refractivity contribution >= 4 is 17.8 Å². The molecule has 0 radical (unpaired) electrons. The number of fused-ring (bicyclic) bond motifs is 1. The van der Waals surface area contributed by atoms with E-state index in [1.54, 1.807) is 6.08 Å². The number of nitrogens with zero attached hydrogens (tertiary/aromatic N) is 1. The molecule has 0 atom stereocenters. The van der Waals surface area contributed by atoms with Crippen molar-refractivity contribution in [1.82, 2.24) is 5.32 Å². The maximum absolute atomic E-state index is 12.4. The summed E-state index contributed by atoms with van der Waals surface area (Å²) in [5.74, 6) is 1.80. The molecule has 28 heavy (non-hydrogen) atoms. The molecule has 144 valence electrons. The van der Waals surface area contributed by atoms with Crippen LogP contribution in [-0.2, 0) is 10.2 Å². The largest absolute Gasteiger partial charge is 0.490 e. The number of amidine groups is 1. The molecule has 2 aliphatic heterocycles. The maximum atomic E-state index is 12.4. The fourth-order valence-electron chi connectivity index (χ4n) is 3.16. The van der Waals surface area contributed by atoms with Gasteiger partial charge in [-0.2, -0.15) is 0 Å². The molecule has 5 nitrogen and oxygen atoms in total. The van der Waals surface area contributed by atoms with Crippen molar-refractivity contribution in [2.24, 2.45) is 4.99 Å². The van der Waals surface area contributed by atoms with E-state index >= 15 is 0 Å². The Morgan fingerprint density at radius 1 is 1.00 bits per heavy atom. The van der Waals surface area contributed by atoms with Crippen molar-refractivity contribution in [3.63, 3.8) is 0 Å². The van der Waals surface area contributed by atoms with Gasteiger partial charge in [0.15, 0.2) is 11.5 Å². The van der Waals surface area contributed by atoms with Gasteiger partial charge in [-0.3, -0.25) is 4.79 Å². The maximum Gasteiger partial charge on any atom is 0.275 e. The van der Waals surface area contributed by atoms with E-state index in [9.17, 15) is 4.79 Å². The quantitative estimate of drug-likeness (QED) is 0.804. The summed E-state index contributed by atoms with van der Waals surface area (Å²) >= 11 is 0. The van der Waals surface area contributed by atoms with Gasteiger partial charge in [0.05, 0.1) is 13.2 Å². The predicted molar refractivity (Wildman–Crippen MR) is 110 cm³/mol. The number of hydrogen-bond donors (Lipinski definition) is 1. The number of hydrogen-bond acceptors (Lipinski definition) is 4. The van der Waals surface area contributed by atoms with Crippen molar-refractivity contribution in [2.45, 2.75) is 32.6 Å². The van der Waals surface area contributed by atoms with Gasteiger partial charge in [0.2, 0.25) is 0 Å². The number of amides is 1. The molecule has 0 aromatic heterocycles. The van der Waals surface area contributed by atoms with Crippen LogP contribution < -0.4 is 14.8 Å². The average molecular weight is 376 g/mol. The zero-order valence-corrected chi connectivity index (χ0v) is 16.4. The summed E-state index contributed by atoms with van der Waals surface area (Å²) < 4.78 is 11.4. The minimum Gasteiger partial charge on any atom is -0.490 e. The summed E-state index contributed by atoms with van der Waals surface area (Å²) in [5.41, 5.74) is 3.45.